The first-order chi connectivity index (χ1) is 9.16. The summed E-state index contributed by atoms with van der Waals surface area (Å²) in [7, 11) is 0. The molecule has 98 valence electrons. The average Bonchev–Trinajstić information content (AvgIpc) is 2.39. The Labute approximate surface area is 118 Å². The Kier molecular flexibility index (Phi) is 4.46. The molecule has 2 aromatic rings. The highest BCUT2D eigenvalue weighted by molar-refractivity contribution is 9.10. The second-order valence-corrected chi connectivity index (χ2v) is 4.72. The van der Waals surface area contributed by atoms with Crippen LogP contribution in [-0.4, -0.2) is 22.4 Å². The Balaban J connectivity index is 1.91. The summed E-state index contributed by atoms with van der Waals surface area (Å²) in [6.45, 7) is 0.410. The number of amides is 1. The summed E-state index contributed by atoms with van der Waals surface area (Å²) in [4.78, 5) is 29.6. The minimum atomic E-state index is -0.192. The van der Waals surface area contributed by atoms with Gasteiger partial charge in [-0.2, -0.15) is 0 Å². The zero-order valence-electron chi connectivity index (χ0n) is 10.0. The standard InChI is InChI=1S/C13H12BrN3O2/c14-10-4-2-1-3-9(10)13(19)16-7-5-11-15-8-6-12(18)17-11/h1-4,6,8H,5,7H2,(H,16,19)(H,15,17,18). The second-order valence-electron chi connectivity index (χ2n) is 3.87. The van der Waals surface area contributed by atoms with E-state index in [1.54, 1.807) is 12.1 Å². The Morgan fingerprint density at radius 3 is 2.84 bits per heavy atom. The number of carbonyl (C=O) groups excluding carboxylic acids is 1. The van der Waals surface area contributed by atoms with Gasteiger partial charge < -0.3 is 10.3 Å². The summed E-state index contributed by atoms with van der Waals surface area (Å²) in [6.07, 6.45) is 1.93. The second kappa shape index (κ2) is 6.29. The summed E-state index contributed by atoms with van der Waals surface area (Å²) in [5, 5.41) is 2.78. The third kappa shape index (κ3) is 3.75. The predicted octanol–water partition coefficient (Wildman–Crippen LogP) is 1.50. The molecule has 0 saturated heterocycles. The molecule has 2 N–H and O–H groups in total. The average molecular weight is 322 g/mol. The number of rotatable bonds is 4. The lowest BCUT2D eigenvalue weighted by molar-refractivity contribution is 0.0953. The van der Waals surface area contributed by atoms with Crippen molar-refractivity contribution in [1.29, 1.82) is 0 Å². The van der Waals surface area contributed by atoms with Crippen LogP contribution < -0.4 is 10.9 Å². The number of benzene rings is 1. The van der Waals surface area contributed by atoms with E-state index >= 15 is 0 Å². The van der Waals surface area contributed by atoms with Gasteiger partial charge in [0.1, 0.15) is 5.82 Å². The molecule has 6 heteroatoms. The molecule has 5 nitrogen and oxygen atoms in total. The van der Waals surface area contributed by atoms with Gasteiger partial charge in [0.25, 0.3) is 11.5 Å². The number of nitrogens with one attached hydrogen (secondary N) is 2. The Morgan fingerprint density at radius 1 is 1.32 bits per heavy atom. The van der Waals surface area contributed by atoms with Crippen molar-refractivity contribution in [3.63, 3.8) is 0 Å². The first-order valence-electron chi connectivity index (χ1n) is 5.74. The fourth-order valence-corrected chi connectivity index (χ4v) is 2.04. The van der Waals surface area contributed by atoms with Crippen LogP contribution in [0.4, 0.5) is 0 Å². The summed E-state index contributed by atoms with van der Waals surface area (Å²) >= 11 is 3.32. The van der Waals surface area contributed by atoms with Gasteiger partial charge in [0, 0.05) is 29.7 Å². The number of H-pyrrole nitrogens is 1. The number of hydrogen-bond donors (Lipinski definition) is 2. The first kappa shape index (κ1) is 13.5. The molecule has 2 rings (SSSR count). The summed E-state index contributed by atoms with van der Waals surface area (Å²) in [5.41, 5.74) is 0.388. The highest BCUT2D eigenvalue weighted by Gasteiger charge is 2.08. The first-order valence-corrected chi connectivity index (χ1v) is 6.53. The molecule has 0 aliphatic heterocycles. The van der Waals surface area contributed by atoms with Crippen LogP contribution in [0, 0.1) is 0 Å². The molecule has 1 aromatic heterocycles. The van der Waals surface area contributed by atoms with Crippen LogP contribution in [0.3, 0.4) is 0 Å². The molecule has 0 fully saturated rings. The van der Waals surface area contributed by atoms with E-state index in [0.29, 0.717) is 24.4 Å². The number of nitrogens with zero attached hydrogens (tertiary/aromatic N) is 1. The Morgan fingerprint density at radius 2 is 2.11 bits per heavy atom. The Bertz CT molecular complexity index is 640. The van der Waals surface area contributed by atoms with E-state index in [-0.39, 0.29) is 11.5 Å². The fraction of sp³-hybridized carbons (Fsp3) is 0.154. The van der Waals surface area contributed by atoms with E-state index in [0.717, 1.165) is 4.47 Å². The van der Waals surface area contributed by atoms with Gasteiger partial charge >= 0.3 is 0 Å². The summed E-state index contributed by atoms with van der Waals surface area (Å²) in [5.74, 6) is 0.394. The van der Waals surface area contributed by atoms with E-state index < -0.39 is 0 Å². The molecule has 0 unspecified atom stereocenters. The van der Waals surface area contributed by atoms with Crippen molar-refractivity contribution >= 4 is 21.8 Å². The number of halogens is 1. The van der Waals surface area contributed by atoms with Gasteiger partial charge in [-0.05, 0) is 28.1 Å². The van der Waals surface area contributed by atoms with Crippen LogP contribution in [0.2, 0.25) is 0 Å². The minimum absolute atomic E-state index is 0.161. The summed E-state index contributed by atoms with van der Waals surface area (Å²) < 4.78 is 0.749. The Hall–Kier alpha value is -1.95. The molecule has 1 amide bonds. The normalized spacial score (nSPS) is 10.2. The van der Waals surface area contributed by atoms with Gasteiger partial charge in [0.05, 0.1) is 5.56 Å². The molecule has 0 aliphatic carbocycles. The molecule has 0 saturated carbocycles. The summed E-state index contributed by atoms with van der Waals surface area (Å²) in [6, 6.07) is 8.55. The molecule has 0 bridgehead atoms. The number of hydrogen-bond acceptors (Lipinski definition) is 3. The maximum absolute atomic E-state index is 11.9. The van der Waals surface area contributed by atoms with Gasteiger partial charge in [0.2, 0.25) is 0 Å². The number of aromatic amines is 1. The maximum atomic E-state index is 11.9. The van der Waals surface area contributed by atoms with E-state index in [9.17, 15) is 9.59 Å². The van der Waals surface area contributed by atoms with Gasteiger partial charge in [-0.15, -0.1) is 0 Å². The van der Waals surface area contributed by atoms with Crippen molar-refractivity contribution in [3.8, 4) is 0 Å². The van der Waals surface area contributed by atoms with Crippen molar-refractivity contribution in [2.24, 2.45) is 0 Å². The SMILES string of the molecule is O=C(NCCc1nccc(=O)[nH]1)c1ccccc1Br. The zero-order chi connectivity index (χ0) is 13.7. The largest absolute Gasteiger partial charge is 0.352 e. The van der Waals surface area contributed by atoms with Gasteiger partial charge in [-0.1, -0.05) is 12.1 Å². The molecule has 19 heavy (non-hydrogen) atoms. The zero-order valence-corrected chi connectivity index (χ0v) is 11.6. The topological polar surface area (TPSA) is 74.8 Å². The molecule has 1 heterocycles. The van der Waals surface area contributed by atoms with E-state index in [1.807, 2.05) is 12.1 Å². The smallest absolute Gasteiger partial charge is 0.252 e. The molecular weight excluding hydrogens is 310 g/mol. The highest BCUT2D eigenvalue weighted by Crippen LogP contribution is 2.15. The van der Waals surface area contributed by atoms with Crippen LogP contribution >= 0.6 is 15.9 Å². The van der Waals surface area contributed by atoms with Crippen LogP contribution in [0.1, 0.15) is 16.2 Å². The molecule has 0 spiro atoms. The lowest BCUT2D eigenvalue weighted by Gasteiger charge is -2.06. The molecular formula is C13H12BrN3O2. The quantitative estimate of drug-likeness (QED) is 0.896. The predicted molar refractivity (Wildman–Crippen MR) is 75.0 cm³/mol. The third-order valence-electron chi connectivity index (χ3n) is 2.49. The van der Waals surface area contributed by atoms with Crippen LogP contribution in [0.15, 0.2) is 45.8 Å². The minimum Gasteiger partial charge on any atom is -0.352 e. The monoisotopic (exact) mass is 321 g/mol. The fourth-order valence-electron chi connectivity index (χ4n) is 1.57. The van der Waals surface area contributed by atoms with Crippen molar-refractivity contribution in [3.05, 3.63) is 62.7 Å². The number of aromatic nitrogens is 2. The van der Waals surface area contributed by atoms with E-state index in [4.69, 9.17) is 0 Å². The molecule has 0 aliphatic rings. The van der Waals surface area contributed by atoms with Crippen LogP contribution in [0.25, 0.3) is 0 Å². The number of carbonyl (C=O) groups is 1. The van der Waals surface area contributed by atoms with Crippen molar-refractivity contribution in [2.75, 3.05) is 6.54 Å². The maximum Gasteiger partial charge on any atom is 0.252 e. The highest BCUT2D eigenvalue weighted by atomic mass is 79.9. The molecule has 1 aromatic carbocycles. The third-order valence-corrected chi connectivity index (χ3v) is 3.18. The molecule has 0 atom stereocenters. The van der Waals surface area contributed by atoms with Crippen LogP contribution in [-0.2, 0) is 6.42 Å². The lowest BCUT2D eigenvalue weighted by atomic mass is 10.2. The van der Waals surface area contributed by atoms with Crippen molar-refractivity contribution < 1.29 is 4.79 Å². The van der Waals surface area contributed by atoms with Gasteiger partial charge in [-0.3, -0.25) is 9.59 Å². The van der Waals surface area contributed by atoms with Gasteiger partial charge in [0.15, 0.2) is 0 Å². The van der Waals surface area contributed by atoms with Crippen molar-refractivity contribution in [1.82, 2.24) is 15.3 Å². The van der Waals surface area contributed by atoms with E-state index in [2.05, 4.69) is 31.2 Å². The molecule has 0 radical (unpaired) electrons. The van der Waals surface area contributed by atoms with Gasteiger partial charge in [-0.25, -0.2) is 4.98 Å². The van der Waals surface area contributed by atoms with Crippen molar-refractivity contribution in [2.45, 2.75) is 6.42 Å². The van der Waals surface area contributed by atoms with E-state index in [1.165, 1.54) is 12.3 Å². The lowest BCUT2D eigenvalue weighted by Crippen LogP contribution is -2.27. The van der Waals surface area contributed by atoms with Crippen LogP contribution in [0.5, 0.6) is 0 Å².